The normalized spacial score (nSPS) is 12.9. The number of amides is 2. The fourth-order valence-corrected chi connectivity index (χ4v) is 4.78. The Balaban J connectivity index is 2.15. The maximum absolute atomic E-state index is 13.4. The summed E-state index contributed by atoms with van der Waals surface area (Å²) in [6.07, 6.45) is 2.35. The van der Waals surface area contributed by atoms with Crippen LogP contribution in [0.15, 0.2) is 48.5 Å². The monoisotopic (exact) mass is 531 g/mol. The molecule has 0 saturated heterocycles. The molecule has 2 amide bonds. The summed E-state index contributed by atoms with van der Waals surface area (Å²) in [6.45, 7) is 10.5. The van der Waals surface area contributed by atoms with Crippen molar-refractivity contribution in [3.63, 3.8) is 0 Å². The molecule has 0 fully saturated rings. The number of ether oxygens (including phenoxy) is 1. The average molecular weight is 532 g/mol. The van der Waals surface area contributed by atoms with Crippen molar-refractivity contribution in [2.24, 2.45) is 0 Å². The van der Waals surface area contributed by atoms with E-state index in [1.165, 1.54) is 4.31 Å². The van der Waals surface area contributed by atoms with E-state index >= 15 is 0 Å². The van der Waals surface area contributed by atoms with Gasteiger partial charge in [0.1, 0.15) is 11.8 Å². The Morgan fingerprint density at radius 2 is 1.62 bits per heavy atom. The Hall–Kier alpha value is -3.07. The Bertz CT molecular complexity index is 1120. The molecule has 0 saturated carbocycles. The number of sulfonamides is 1. The molecule has 1 N–H and O–H groups in total. The molecular formula is C28H41N3O5S. The lowest BCUT2D eigenvalue weighted by molar-refractivity contribution is -0.140. The van der Waals surface area contributed by atoms with E-state index in [-0.39, 0.29) is 30.8 Å². The van der Waals surface area contributed by atoms with E-state index in [1.807, 2.05) is 52.0 Å². The van der Waals surface area contributed by atoms with E-state index in [0.29, 0.717) is 31.0 Å². The highest BCUT2D eigenvalue weighted by atomic mass is 32.2. The molecule has 0 bridgehead atoms. The Morgan fingerprint density at radius 1 is 1.00 bits per heavy atom. The van der Waals surface area contributed by atoms with Crippen LogP contribution >= 0.6 is 0 Å². The van der Waals surface area contributed by atoms with Crippen molar-refractivity contribution in [3.05, 3.63) is 59.7 Å². The summed E-state index contributed by atoms with van der Waals surface area (Å²) in [7, 11) is -3.56. The third kappa shape index (κ3) is 9.39. The molecule has 2 rings (SSSR count). The van der Waals surface area contributed by atoms with Gasteiger partial charge < -0.3 is 15.0 Å². The number of benzene rings is 2. The van der Waals surface area contributed by atoms with Gasteiger partial charge in [0.2, 0.25) is 21.8 Å². The summed E-state index contributed by atoms with van der Waals surface area (Å²) in [5, 5.41) is 2.96. The van der Waals surface area contributed by atoms with Crippen LogP contribution < -0.4 is 14.4 Å². The number of nitrogens with zero attached hydrogens (tertiary/aromatic N) is 2. The number of aryl methyl sites for hydroxylation is 1. The molecule has 204 valence electrons. The molecule has 0 aromatic heterocycles. The summed E-state index contributed by atoms with van der Waals surface area (Å²) in [4.78, 5) is 27.8. The Morgan fingerprint density at radius 3 is 2.16 bits per heavy atom. The van der Waals surface area contributed by atoms with E-state index in [2.05, 4.69) is 5.32 Å². The van der Waals surface area contributed by atoms with Crippen molar-refractivity contribution < 1.29 is 22.7 Å². The quantitative estimate of drug-likeness (QED) is 0.393. The summed E-state index contributed by atoms with van der Waals surface area (Å²) >= 11 is 0. The average Bonchev–Trinajstić information content (AvgIpc) is 2.85. The van der Waals surface area contributed by atoms with Crippen LogP contribution in [0.1, 0.15) is 58.1 Å². The maximum Gasteiger partial charge on any atom is 0.242 e. The second kappa shape index (κ2) is 14.0. The van der Waals surface area contributed by atoms with Crippen molar-refractivity contribution in [2.75, 3.05) is 23.7 Å². The first-order valence-corrected chi connectivity index (χ1v) is 14.7. The number of hydrogen-bond donors (Lipinski definition) is 1. The largest absolute Gasteiger partial charge is 0.494 e. The highest BCUT2D eigenvalue weighted by Crippen LogP contribution is 2.22. The van der Waals surface area contributed by atoms with Crippen molar-refractivity contribution in [1.82, 2.24) is 10.2 Å². The predicted molar refractivity (Wildman–Crippen MR) is 148 cm³/mol. The van der Waals surface area contributed by atoms with E-state index in [4.69, 9.17) is 4.74 Å². The van der Waals surface area contributed by atoms with Crippen molar-refractivity contribution in [2.45, 2.75) is 72.5 Å². The van der Waals surface area contributed by atoms with Crippen molar-refractivity contribution in [1.29, 1.82) is 0 Å². The van der Waals surface area contributed by atoms with E-state index < -0.39 is 16.1 Å². The molecule has 2 aromatic rings. The Kier molecular flexibility index (Phi) is 11.4. The van der Waals surface area contributed by atoms with E-state index in [9.17, 15) is 18.0 Å². The van der Waals surface area contributed by atoms with Gasteiger partial charge in [0.15, 0.2) is 0 Å². The van der Waals surface area contributed by atoms with Crippen LogP contribution in [0.3, 0.4) is 0 Å². The second-order valence-corrected chi connectivity index (χ2v) is 11.3. The maximum atomic E-state index is 13.4. The second-order valence-electron chi connectivity index (χ2n) is 9.37. The standard InChI is InChI=1S/C28H41N3O5S/c1-7-22(4)29-28(33)23(5)30(20-24-13-11-21(3)12-14-24)27(32)10-9-19-31(37(6,34)35)25-15-17-26(18-16-25)36-8-2/h11-18,22-23H,7-10,19-20H2,1-6H3,(H,29,33)/t22-,23+/m0/s1. The minimum absolute atomic E-state index is 0.00344. The topological polar surface area (TPSA) is 96.0 Å². The fraction of sp³-hybridized carbons (Fsp3) is 0.500. The van der Waals surface area contributed by atoms with Crippen LogP contribution in [0.2, 0.25) is 0 Å². The molecule has 2 atom stereocenters. The molecule has 0 radical (unpaired) electrons. The van der Waals surface area contributed by atoms with Crippen LogP contribution in [0, 0.1) is 6.92 Å². The number of carbonyl (C=O) groups is 2. The first kappa shape index (κ1) is 30.2. The lowest BCUT2D eigenvalue weighted by Crippen LogP contribution is -2.49. The Labute approximate surface area is 222 Å². The summed E-state index contributed by atoms with van der Waals surface area (Å²) in [6, 6.07) is 14.0. The first-order chi connectivity index (χ1) is 17.5. The third-order valence-corrected chi connectivity index (χ3v) is 7.42. The number of hydrogen-bond acceptors (Lipinski definition) is 5. The smallest absolute Gasteiger partial charge is 0.242 e. The van der Waals surface area contributed by atoms with Crippen LogP contribution in [0.4, 0.5) is 5.69 Å². The minimum Gasteiger partial charge on any atom is -0.494 e. The molecule has 0 unspecified atom stereocenters. The van der Waals surface area contributed by atoms with Gasteiger partial charge in [-0.2, -0.15) is 0 Å². The van der Waals surface area contributed by atoms with Crippen LogP contribution in [-0.2, 0) is 26.2 Å². The zero-order chi connectivity index (χ0) is 27.6. The minimum atomic E-state index is -3.56. The molecule has 0 aliphatic rings. The molecular weight excluding hydrogens is 490 g/mol. The number of rotatable bonds is 14. The summed E-state index contributed by atoms with van der Waals surface area (Å²) in [5.74, 6) is 0.251. The number of nitrogens with one attached hydrogen (secondary N) is 1. The highest BCUT2D eigenvalue weighted by Gasteiger charge is 2.27. The fourth-order valence-electron chi connectivity index (χ4n) is 3.82. The van der Waals surface area contributed by atoms with Gasteiger partial charge in [-0.15, -0.1) is 0 Å². The van der Waals surface area contributed by atoms with Gasteiger partial charge in [-0.1, -0.05) is 36.8 Å². The molecule has 0 aliphatic carbocycles. The molecule has 2 aromatic carbocycles. The predicted octanol–water partition coefficient (Wildman–Crippen LogP) is 4.27. The molecule has 0 aliphatic heterocycles. The van der Waals surface area contributed by atoms with Gasteiger partial charge in [-0.05, 0) is 70.4 Å². The first-order valence-electron chi connectivity index (χ1n) is 12.8. The van der Waals surface area contributed by atoms with Crippen LogP contribution in [0.5, 0.6) is 5.75 Å². The van der Waals surface area contributed by atoms with Crippen LogP contribution in [0.25, 0.3) is 0 Å². The molecule has 37 heavy (non-hydrogen) atoms. The van der Waals surface area contributed by atoms with E-state index in [1.54, 1.807) is 36.1 Å². The van der Waals surface area contributed by atoms with Gasteiger partial charge >= 0.3 is 0 Å². The van der Waals surface area contributed by atoms with Gasteiger partial charge in [0.05, 0.1) is 18.6 Å². The lowest BCUT2D eigenvalue weighted by Gasteiger charge is -2.30. The summed E-state index contributed by atoms with van der Waals surface area (Å²) < 4.78 is 31.7. The van der Waals surface area contributed by atoms with E-state index in [0.717, 1.165) is 23.8 Å². The SMILES string of the molecule is CCOc1ccc(N(CCCC(=O)N(Cc2ccc(C)cc2)[C@H](C)C(=O)N[C@@H](C)CC)S(C)(=O)=O)cc1. The van der Waals surface area contributed by atoms with Gasteiger partial charge in [0.25, 0.3) is 0 Å². The van der Waals surface area contributed by atoms with Gasteiger partial charge in [-0.3, -0.25) is 13.9 Å². The summed E-state index contributed by atoms with van der Waals surface area (Å²) in [5.41, 5.74) is 2.55. The highest BCUT2D eigenvalue weighted by molar-refractivity contribution is 7.92. The van der Waals surface area contributed by atoms with Crippen LogP contribution in [-0.4, -0.2) is 56.6 Å². The van der Waals surface area contributed by atoms with Gasteiger partial charge in [-0.25, -0.2) is 8.42 Å². The lowest BCUT2D eigenvalue weighted by atomic mass is 10.1. The third-order valence-electron chi connectivity index (χ3n) is 6.23. The molecule has 0 spiro atoms. The number of anilines is 1. The zero-order valence-electron chi connectivity index (χ0n) is 22.9. The van der Waals surface area contributed by atoms with Crippen molar-refractivity contribution >= 4 is 27.5 Å². The molecule has 9 heteroatoms. The zero-order valence-corrected chi connectivity index (χ0v) is 23.7. The van der Waals surface area contributed by atoms with Gasteiger partial charge in [0, 0.05) is 25.6 Å². The molecule has 0 heterocycles. The number of carbonyl (C=O) groups excluding carboxylic acids is 2. The molecule has 8 nitrogen and oxygen atoms in total. The van der Waals surface area contributed by atoms with Crippen molar-refractivity contribution in [3.8, 4) is 5.75 Å².